The van der Waals surface area contributed by atoms with Crippen molar-refractivity contribution in [1.82, 2.24) is 4.98 Å². The molecule has 2 heterocycles. The summed E-state index contributed by atoms with van der Waals surface area (Å²) in [6.07, 6.45) is 6.39. The van der Waals surface area contributed by atoms with Gasteiger partial charge in [-0.3, -0.25) is 0 Å². The van der Waals surface area contributed by atoms with E-state index in [2.05, 4.69) is 28.4 Å². The number of hydrogen-bond acceptors (Lipinski definition) is 4. The lowest BCUT2D eigenvalue weighted by Crippen LogP contribution is -2.31. The minimum absolute atomic E-state index is 0.231. The zero-order valence-electron chi connectivity index (χ0n) is 11.1. The summed E-state index contributed by atoms with van der Waals surface area (Å²) >= 11 is 6.17. The number of pyridine rings is 1. The molecule has 2 aliphatic rings. The maximum Gasteiger partial charge on any atom is 0.149 e. The molecule has 1 saturated carbocycles. The molecule has 0 unspecified atom stereocenters. The average molecular weight is 286 g/mol. The van der Waals surface area contributed by atoms with Crippen LogP contribution < -0.4 is 4.90 Å². The minimum Gasteiger partial charge on any atom is -0.355 e. The molecule has 0 N–H and O–H groups in total. The summed E-state index contributed by atoms with van der Waals surface area (Å²) < 4.78 is 0. The van der Waals surface area contributed by atoms with Gasteiger partial charge in [0.1, 0.15) is 23.1 Å². The van der Waals surface area contributed by atoms with Crippen LogP contribution in [0.2, 0.25) is 5.15 Å². The zero-order chi connectivity index (χ0) is 14.1. The molecular formula is C15H14ClN4. The summed E-state index contributed by atoms with van der Waals surface area (Å²) in [4.78, 5) is 6.42. The first-order valence-electron chi connectivity index (χ1n) is 6.86. The van der Waals surface area contributed by atoms with E-state index in [0.717, 1.165) is 44.3 Å². The maximum atomic E-state index is 9.54. The van der Waals surface area contributed by atoms with Crippen molar-refractivity contribution >= 4 is 17.4 Å². The van der Waals surface area contributed by atoms with E-state index < -0.39 is 0 Å². The van der Waals surface area contributed by atoms with E-state index in [1.54, 1.807) is 0 Å². The van der Waals surface area contributed by atoms with Crippen LogP contribution >= 0.6 is 11.6 Å². The maximum absolute atomic E-state index is 9.54. The minimum atomic E-state index is 0.231. The van der Waals surface area contributed by atoms with Gasteiger partial charge in [-0.15, -0.1) is 0 Å². The second kappa shape index (κ2) is 5.31. The fraction of sp³-hybridized carbons (Fsp3) is 0.467. The molecule has 0 atom stereocenters. The van der Waals surface area contributed by atoms with E-state index in [0.29, 0.717) is 22.9 Å². The standard InChI is InChI=1S/C15H14ClN4/c16-14-11(8-17)13(10-4-5-10)12(9-18)15(19-14)20-6-2-1-3-7-20/h2,10H,1,3-7H2. The predicted molar refractivity (Wildman–Crippen MR) is 76.4 cm³/mol. The van der Waals surface area contributed by atoms with Crippen LogP contribution in [-0.2, 0) is 0 Å². The van der Waals surface area contributed by atoms with E-state index in [1.807, 2.05) is 0 Å². The average Bonchev–Trinajstić information content (AvgIpc) is 3.31. The molecule has 1 aromatic heterocycles. The quantitative estimate of drug-likeness (QED) is 0.783. The second-order valence-corrected chi connectivity index (χ2v) is 5.62. The molecule has 101 valence electrons. The van der Waals surface area contributed by atoms with Gasteiger partial charge < -0.3 is 4.90 Å². The predicted octanol–water partition coefficient (Wildman–Crippen LogP) is 3.16. The zero-order valence-corrected chi connectivity index (χ0v) is 11.8. The number of hydrogen-bond donors (Lipinski definition) is 0. The SMILES string of the molecule is N#Cc1c(Cl)nc(N2C[CH]CCC2)c(C#N)c1C1CC1. The lowest BCUT2D eigenvalue weighted by atomic mass is 9.99. The number of rotatable bonds is 2. The number of halogens is 1. The molecule has 1 radical (unpaired) electrons. The lowest BCUT2D eigenvalue weighted by molar-refractivity contribution is 0.663. The van der Waals surface area contributed by atoms with E-state index in [4.69, 9.17) is 11.6 Å². The third-order valence-corrected chi connectivity index (χ3v) is 4.14. The highest BCUT2D eigenvalue weighted by Gasteiger charge is 2.33. The summed E-state index contributed by atoms with van der Waals surface area (Å²) in [5, 5.41) is 19.1. The molecule has 20 heavy (non-hydrogen) atoms. The Balaban J connectivity index is 2.15. The van der Waals surface area contributed by atoms with Crippen LogP contribution in [0, 0.1) is 29.1 Å². The first-order valence-corrected chi connectivity index (χ1v) is 7.24. The van der Waals surface area contributed by atoms with E-state index in [-0.39, 0.29) is 5.15 Å². The first kappa shape index (κ1) is 13.2. The van der Waals surface area contributed by atoms with Gasteiger partial charge in [0.15, 0.2) is 0 Å². The molecule has 0 aromatic carbocycles. The van der Waals surface area contributed by atoms with Crippen LogP contribution in [0.4, 0.5) is 5.82 Å². The smallest absolute Gasteiger partial charge is 0.149 e. The van der Waals surface area contributed by atoms with E-state index in [9.17, 15) is 10.5 Å². The summed E-state index contributed by atoms with van der Waals surface area (Å²) in [6.45, 7) is 1.67. The van der Waals surface area contributed by atoms with Crippen molar-refractivity contribution in [2.45, 2.75) is 31.6 Å². The molecule has 1 aliphatic carbocycles. The number of anilines is 1. The van der Waals surface area contributed by atoms with Crippen molar-refractivity contribution in [3.05, 3.63) is 28.3 Å². The molecule has 0 bridgehead atoms. The summed E-state index contributed by atoms with van der Waals surface area (Å²) in [5.41, 5.74) is 1.75. The van der Waals surface area contributed by atoms with Crippen molar-refractivity contribution < 1.29 is 0 Å². The number of nitriles is 2. The van der Waals surface area contributed by atoms with Gasteiger partial charge >= 0.3 is 0 Å². The summed E-state index contributed by atoms with van der Waals surface area (Å²) in [7, 11) is 0. The van der Waals surface area contributed by atoms with Crippen molar-refractivity contribution in [2.24, 2.45) is 0 Å². The van der Waals surface area contributed by atoms with Crippen LogP contribution in [0.15, 0.2) is 0 Å². The molecule has 5 heteroatoms. The van der Waals surface area contributed by atoms with Crippen molar-refractivity contribution in [3.8, 4) is 12.1 Å². The first-order chi connectivity index (χ1) is 9.76. The molecule has 0 spiro atoms. The van der Waals surface area contributed by atoms with Gasteiger partial charge in [-0.05, 0) is 43.6 Å². The third kappa shape index (κ3) is 2.21. The monoisotopic (exact) mass is 285 g/mol. The van der Waals surface area contributed by atoms with Crippen LogP contribution in [0.3, 0.4) is 0 Å². The summed E-state index contributed by atoms with van der Waals surface area (Å²) in [5.74, 6) is 0.946. The van der Waals surface area contributed by atoms with Gasteiger partial charge in [0.25, 0.3) is 0 Å². The van der Waals surface area contributed by atoms with Crippen molar-refractivity contribution in [1.29, 1.82) is 10.5 Å². The Labute approximate surface area is 123 Å². The molecule has 4 nitrogen and oxygen atoms in total. The lowest BCUT2D eigenvalue weighted by Gasteiger charge is -2.29. The summed E-state index contributed by atoms with van der Waals surface area (Å²) in [6, 6.07) is 4.38. The highest BCUT2D eigenvalue weighted by Crippen LogP contribution is 2.46. The molecular weight excluding hydrogens is 272 g/mol. The third-order valence-electron chi connectivity index (χ3n) is 3.87. The highest BCUT2D eigenvalue weighted by atomic mass is 35.5. The fourth-order valence-electron chi connectivity index (χ4n) is 2.74. The van der Waals surface area contributed by atoms with Gasteiger partial charge in [-0.1, -0.05) is 11.6 Å². The van der Waals surface area contributed by atoms with Crippen molar-refractivity contribution in [3.63, 3.8) is 0 Å². The van der Waals surface area contributed by atoms with Crippen LogP contribution in [0.1, 0.15) is 48.3 Å². The van der Waals surface area contributed by atoms with Gasteiger partial charge in [-0.2, -0.15) is 10.5 Å². The second-order valence-electron chi connectivity index (χ2n) is 5.26. The van der Waals surface area contributed by atoms with Crippen LogP contribution in [0.5, 0.6) is 0 Å². The Kier molecular flexibility index (Phi) is 3.51. The van der Waals surface area contributed by atoms with Crippen molar-refractivity contribution in [2.75, 3.05) is 18.0 Å². The number of nitrogens with zero attached hydrogens (tertiary/aromatic N) is 4. The van der Waals surface area contributed by atoms with E-state index >= 15 is 0 Å². The van der Waals surface area contributed by atoms with Gasteiger partial charge in [-0.25, -0.2) is 4.98 Å². The Morgan fingerprint density at radius 3 is 2.55 bits per heavy atom. The molecule has 1 aromatic rings. The molecule has 1 saturated heterocycles. The molecule has 2 fully saturated rings. The Morgan fingerprint density at radius 1 is 1.25 bits per heavy atom. The molecule has 3 rings (SSSR count). The molecule has 1 aliphatic heterocycles. The Bertz CT molecular complexity index is 616. The molecule has 0 amide bonds. The number of piperidine rings is 1. The normalized spacial score (nSPS) is 18.4. The van der Waals surface area contributed by atoms with Gasteiger partial charge in [0, 0.05) is 13.1 Å². The fourth-order valence-corrected chi connectivity index (χ4v) is 2.97. The van der Waals surface area contributed by atoms with E-state index in [1.165, 1.54) is 0 Å². The highest BCUT2D eigenvalue weighted by molar-refractivity contribution is 6.30. The Morgan fingerprint density at radius 2 is 2.00 bits per heavy atom. The Hall–Kier alpha value is -1.78. The topological polar surface area (TPSA) is 63.7 Å². The van der Waals surface area contributed by atoms with Crippen LogP contribution in [0.25, 0.3) is 0 Å². The van der Waals surface area contributed by atoms with Crippen LogP contribution in [-0.4, -0.2) is 18.1 Å². The van der Waals surface area contributed by atoms with Gasteiger partial charge in [0.05, 0.1) is 11.1 Å². The largest absolute Gasteiger partial charge is 0.355 e. The van der Waals surface area contributed by atoms with Gasteiger partial charge in [0.2, 0.25) is 0 Å². The number of aromatic nitrogens is 1.